The molecule has 0 unspecified atom stereocenters. The van der Waals surface area contributed by atoms with E-state index < -0.39 is 0 Å². The average Bonchev–Trinajstić information content (AvgIpc) is 2.35. The van der Waals surface area contributed by atoms with Gasteiger partial charge in [0.25, 0.3) is 0 Å². The molecule has 96 valence electrons. The van der Waals surface area contributed by atoms with Crippen molar-refractivity contribution in [3.8, 4) is 12.1 Å². The molecule has 0 aromatic rings. The van der Waals surface area contributed by atoms with Gasteiger partial charge in [-0.15, -0.1) is 0 Å². The fourth-order valence-corrected chi connectivity index (χ4v) is 1.09. The number of ether oxygens (including phenoxy) is 3. The lowest BCUT2D eigenvalue weighted by atomic mass is 10.4. The molecule has 0 saturated heterocycles. The van der Waals surface area contributed by atoms with Crippen LogP contribution in [-0.4, -0.2) is 39.1 Å². The van der Waals surface area contributed by atoms with Crippen molar-refractivity contribution in [3.05, 3.63) is 0 Å². The van der Waals surface area contributed by atoms with Gasteiger partial charge in [-0.05, 0) is 6.42 Å². The molecule has 0 heterocycles. The van der Waals surface area contributed by atoms with Crippen molar-refractivity contribution >= 4 is 0 Å². The molecule has 0 aliphatic heterocycles. The van der Waals surface area contributed by atoms with Gasteiger partial charge in [-0.2, -0.15) is 10.5 Å². The maximum Gasteiger partial charge on any atom is 0.104 e. The van der Waals surface area contributed by atoms with E-state index in [0.717, 1.165) is 6.42 Å². The Morgan fingerprint density at radius 1 is 0.941 bits per heavy atom. The van der Waals surface area contributed by atoms with Crippen molar-refractivity contribution in [1.29, 1.82) is 10.5 Å². The Bertz CT molecular complexity index is 223. The van der Waals surface area contributed by atoms with Gasteiger partial charge in [0, 0.05) is 6.61 Å². The van der Waals surface area contributed by atoms with Crippen LogP contribution < -0.4 is 0 Å². The van der Waals surface area contributed by atoms with Gasteiger partial charge in [0.05, 0.1) is 51.4 Å². The van der Waals surface area contributed by atoms with E-state index in [1.54, 1.807) is 0 Å². The zero-order valence-electron chi connectivity index (χ0n) is 10.4. The molecule has 0 aromatic carbocycles. The van der Waals surface area contributed by atoms with Gasteiger partial charge in [-0.1, -0.05) is 6.92 Å². The maximum atomic E-state index is 8.36. The lowest BCUT2D eigenvalue weighted by molar-refractivity contribution is -0.0583. The molecule has 0 N–H and O–H groups in total. The molecule has 0 saturated carbocycles. The Balaban J connectivity index is 3.65. The largest absolute Gasteiger partial charge is 0.378 e. The van der Waals surface area contributed by atoms with Crippen molar-refractivity contribution in [3.63, 3.8) is 0 Å². The topological polar surface area (TPSA) is 75.3 Å². The first kappa shape index (κ1) is 15.9. The fourth-order valence-electron chi connectivity index (χ4n) is 1.09. The van der Waals surface area contributed by atoms with E-state index in [9.17, 15) is 0 Å². The second-order valence-electron chi connectivity index (χ2n) is 3.46. The number of nitrogens with zero attached hydrogens (tertiary/aromatic N) is 2. The first-order valence-corrected chi connectivity index (χ1v) is 5.86. The minimum atomic E-state index is -0.118. The van der Waals surface area contributed by atoms with Crippen LogP contribution in [0.5, 0.6) is 0 Å². The summed E-state index contributed by atoms with van der Waals surface area (Å²) < 4.78 is 16.1. The molecule has 0 fully saturated rings. The van der Waals surface area contributed by atoms with Crippen LogP contribution in [0.2, 0.25) is 0 Å². The van der Waals surface area contributed by atoms with Gasteiger partial charge in [0.2, 0.25) is 0 Å². The molecule has 0 spiro atoms. The van der Waals surface area contributed by atoms with Crippen molar-refractivity contribution in [2.45, 2.75) is 32.3 Å². The number of hydrogen-bond acceptors (Lipinski definition) is 5. The lowest BCUT2D eigenvalue weighted by Gasteiger charge is -2.17. The third kappa shape index (κ3) is 11.1. The van der Waals surface area contributed by atoms with Gasteiger partial charge in [-0.3, -0.25) is 0 Å². The molecule has 0 atom stereocenters. The molecular weight excluding hydrogens is 220 g/mol. The Kier molecular flexibility index (Phi) is 12.1. The van der Waals surface area contributed by atoms with Crippen molar-refractivity contribution in [2.75, 3.05) is 33.0 Å². The van der Waals surface area contributed by atoms with Gasteiger partial charge in [0.1, 0.15) is 6.10 Å². The molecule has 5 nitrogen and oxygen atoms in total. The minimum Gasteiger partial charge on any atom is -0.378 e. The highest BCUT2D eigenvalue weighted by Crippen LogP contribution is 1.98. The van der Waals surface area contributed by atoms with E-state index in [1.165, 1.54) is 0 Å². The zero-order chi connectivity index (χ0) is 12.8. The maximum absolute atomic E-state index is 8.36. The lowest BCUT2D eigenvalue weighted by Crippen LogP contribution is -2.26. The molecule has 0 amide bonds. The van der Waals surface area contributed by atoms with E-state index >= 15 is 0 Å². The molecule has 5 heteroatoms. The molecule has 0 aliphatic rings. The third-order valence-corrected chi connectivity index (χ3v) is 1.88. The Hall–Kier alpha value is -1.14. The van der Waals surface area contributed by atoms with Gasteiger partial charge >= 0.3 is 0 Å². The standard InChI is InChI=1S/C12H20N2O3/c1-2-7-17-12(10-15-8-3-5-13)11-16-9-4-6-14/h12H,2-4,7-11H2,1H3. The summed E-state index contributed by atoms with van der Waals surface area (Å²) in [5.74, 6) is 0. The highest BCUT2D eigenvalue weighted by molar-refractivity contribution is 4.68. The summed E-state index contributed by atoms with van der Waals surface area (Å²) in [5.41, 5.74) is 0. The van der Waals surface area contributed by atoms with Crippen LogP contribution in [0.4, 0.5) is 0 Å². The second-order valence-corrected chi connectivity index (χ2v) is 3.46. The molecular formula is C12H20N2O3. The summed E-state index contributed by atoms with van der Waals surface area (Å²) in [4.78, 5) is 0. The second kappa shape index (κ2) is 12.9. The van der Waals surface area contributed by atoms with E-state index in [1.807, 2.05) is 19.1 Å². The quantitative estimate of drug-likeness (QED) is 0.513. The van der Waals surface area contributed by atoms with Crippen LogP contribution in [-0.2, 0) is 14.2 Å². The van der Waals surface area contributed by atoms with Crippen LogP contribution in [0, 0.1) is 22.7 Å². The first-order chi connectivity index (χ1) is 8.35. The molecule has 0 aliphatic carbocycles. The third-order valence-electron chi connectivity index (χ3n) is 1.88. The van der Waals surface area contributed by atoms with E-state index in [2.05, 4.69) is 0 Å². The molecule has 0 rings (SSSR count). The molecule has 0 radical (unpaired) electrons. The Labute approximate surface area is 103 Å². The number of nitriles is 2. The monoisotopic (exact) mass is 240 g/mol. The van der Waals surface area contributed by atoms with Gasteiger partial charge in [-0.25, -0.2) is 0 Å². The van der Waals surface area contributed by atoms with Crippen molar-refractivity contribution in [2.24, 2.45) is 0 Å². The van der Waals surface area contributed by atoms with Crippen LogP contribution in [0.3, 0.4) is 0 Å². The van der Waals surface area contributed by atoms with Crippen molar-refractivity contribution < 1.29 is 14.2 Å². The van der Waals surface area contributed by atoms with Gasteiger partial charge in [0.15, 0.2) is 0 Å². The zero-order valence-corrected chi connectivity index (χ0v) is 10.4. The highest BCUT2D eigenvalue weighted by atomic mass is 16.6. The normalized spacial score (nSPS) is 10.1. The summed E-state index contributed by atoms with van der Waals surface area (Å²) in [6, 6.07) is 4.02. The molecule has 0 bridgehead atoms. The predicted octanol–water partition coefficient (Wildman–Crippen LogP) is 1.64. The molecule has 17 heavy (non-hydrogen) atoms. The Morgan fingerprint density at radius 2 is 1.47 bits per heavy atom. The van der Waals surface area contributed by atoms with Crippen LogP contribution in [0.15, 0.2) is 0 Å². The fraction of sp³-hybridized carbons (Fsp3) is 0.833. The molecule has 0 aromatic heterocycles. The van der Waals surface area contributed by atoms with Crippen LogP contribution in [0.1, 0.15) is 26.2 Å². The summed E-state index contributed by atoms with van der Waals surface area (Å²) in [5, 5.41) is 16.7. The minimum absolute atomic E-state index is 0.118. The first-order valence-electron chi connectivity index (χ1n) is 5.86. The summed E-state index contributed by atoms with van der Waals surface area (Å²) in [6.07, 6.45) is 1.59. The predicted molar refractivity (Wildman–Crippen MR) is 62.1 cm³/mol. The highest BCUT2D eigenvalue weighted by Gasteiger charge is 2.09. The number of rotatable bonds is 11. The Morgan fingerprint density at radius 3 is 1.88 bits per heavy atom. The summed E-state index contributed by atoms with van der Waals surface area (Å²) in [6.45, 7) is 4.38. The van der Waals surface area contributed by atoms with E-state index in [4.69, 9.17) is 24.7 Å². The number of hydrogen-bond donors (Lipinski definition) is 0. The van der Waals surface area contributed by atoms with Crippen LogP contribution >= 0.6 is 0 Å². The van der Waals surface area contributed by atoms with E-state index in [0.29, 0.717) is 45.9 Å². The summed E-state index contributed by atoms with van der Waals surface area (Å²) in [7, 11) is 0. The SMILES string of the molecule is CCCOC(COCCC#N)COCCC#N. The van der Waals surface area contributed by atoms with Crippen molar-refractivity contribution in [1.82, 2.24) is 0 Å². The smallest absolute Gasteiger partial charge is 0.104 e. The van der Waals surface area contributed by atoms with Crippen LogP contribution in [0.25, 0.3) is 0 Å². The average molecular weight is 240 g/mol. The van der Waals surface area contributed by atoms with Gasteiger partial charge < -0.3 is 14.2 Å². The summed E-state index contributed by atoms with van der Waals surface area (Å²) >= 11 is 0. The van der Waals surface area contributed by atoms with E-state index in [-0.39, 0.29) is 6.10 Å².